The van der Waals surface area contributed by atoms with Gasteiger partial charge < -0.3 is 5.43 Å². The lowest BCUT2D eigenvalue weighted by atomic mass is 10.1. The lowest BCUT2D eigenvalue weighted by molar-refractivity contribution is 0.634. The maximum absolute atomic E-state index is 5.37. The summed E-state index contributed by atoms with van der Waals surface area (Å²) in [5.41, 5.74) is 2.67. The highest BCUT2D eigenvalue weighted by atomic mass is 15.3. The first-order valence-corrected chi connectivity index (χ1v) is 4.66. The predicted octanol–water partition coefficient (Wildman–Crippen LogP) is 1.69. The van der Waals surface area contributed by atoms with Gasteiger partial charge in [-0.3, -0.25) is 4.99 Å². The number of nitrogens with two attached hydrogens (primary N) is 1. The van der Waals surface area contributed by atoms with Crippen LogP contribution in [0.25, 0.3) is 0 Å². The van der Waals surface area contributed by atoms with Crippen molar-refractivity contribution in [3.8, 4) is 0 Å². The van der Waals surface area contributed by atoms with E-state index in [9.17, 15) is 0 Å². The van der Waals surface area contributed by atoms with E-state index >= 15 is 0 Å². The molecule has 3 N–H and O–H groups in total. The van der Waals surface area contributed by atoms with Gasteiger partial charge in [-0.2, -0.15) is 0 Å². The highest BCUT2D eigenvalue weighted by Crippen LogP contribution is 2.06. The predicted molar refractivity (Wildman–Crippen MR) is 54.0 cm³/mol. The molecule has 0 bridgehead atoms. The Morgan fingerprint density at radius 2 is 2.00 bits per heavy atom. The first kappa shape index (κ1) is 11.4. The number of nitrogens with zero attached hydrogens (tertiary/aromatic N) is 1. The Balaban J connectivity index is 4.13. The maximum atomic E-state index is 5.37. The van der Waals surface area contributed by atoms with E-state index in [4.69, 9.17) is 5.84 Å². The minimum absolute atomic E-state index is 0.315. The van der Waals surface area contributed by atoms with E-state index in [1.807, 2.05) is 0 Å². The number of aliphatic imine (C=N–C) groups is 1. The van der Waals surface area contributed by atoms with E-state index in [1.165, 1.54) is 6.42 Å². The van der Waals surface area contributed by atoms with E-state index in [1.54, 1.807) is 0 Å². The van der Waals surface area contributed by atoms with Gasteiger partial charge in [0.15, 0.2) is 0 Å². The molecule has 0 saturated carbocycles. The van der Waals surface area contributed by atoms with Gasteiger partial charge in [0.25, 0.3) is 0 Å². The van der Waals surface area contributed by atoms with Gasteiger partial charge in [-0.05, 0) is 20.3 Å². The summed E-state index contributed by atoms with van der Waals surface area (Å²) in [5.74, 6) is 6.74. The number of hydrogen-bond donors (Lipinski definition) is 2. The van der Waals surface area contributed by atoms with Crippen LogP contribution in [0, 0.1) is 5.92 Å². The second-order valence-electron chi connectivity index (χ2n) is 3.44. The molecule has 0 aliphatic rings. The summed E-state index contributed by atoms with van der Waals surface area (Å²) < 4.78 is 0. The smallest absolute Gasteiger partial charge is 0.113 e. The van der Waals surface area contributed by atoms with Crippen LogP contribution in [0.4, 0.5) is 0 Å². The normalized spacial score (nSPS) is 15.0. The molecule has 0 radical (unpaired) electrons. The van der Waals surface area contributed by atoms with Crippen molar-refractivity contribution in [1.82, 2.24) is 5.43 Å². The van der Waals surface area contributed by atoms with Crippen LogP contribution in [0.1, 0.15) is 40.5 Å². The first-order valence-electron chi connectivity index (χ1n) is 4.66. The van der Waals surface area contributed by atoms with Crippen LogP contribution in [-0.4, -0.2) is 11.9 Å². The van der Waals surface area contributed by atoms with Crippen LogP contribution in [0.15, 0.2) is 4.99 Å². The molecule has 72 valence electrons. The Bertz CT molecular complexity index is 141. The van der Waals surface area contributed by atoms with Gasteiger partial charge in [-0.15, -0.1) is 0 Å². The fraction of sp³-hybridized carbons (Fsp3) is 0.889. The van der Waals surface area contributed by atoms with Gasteiger partial charge in [0, 0.05) is 12.0 Å². The molecule has 0 aromatic rings. The third kappa shape index (κ3) is 4.34. The molecular formula is C9H21N3. The largest absolute Gasteiger partial charge is 0.312 e. The van der Waals surface area contributed by atoms with Crippen molar-refractivity contribution in [2.45, 2.75) is 46.6 Å². The Morgan fingerprint density at radius 3 is 2.33 bits per heavy atom. The number of nitrogens with one attached hydrogen (secondary N) is 1. The third-order valence-electron chi connectivity index (χ3n) is 1.73. The first-order chi connectivity index (χ1) is 5.61. The van der Waals surface area contributed by atoms with Gasteiger partial charge in [-0.25, -0.2) is 5.84 Å². The van der Waals surface area contributed by atoms with Crippen molar-refractivity contribution >= 4 is 5.84 Å². The number of hydrazine groups is 1. The van der Waals surface area contributed by atoms with Crippen molar-refractivity contribution in [2.24, 2.45) is 16.8 Å². The average molecular weight is 171 g/mol. The lowest BCUT2D eigenvalue weighted by Crippen LogP contribution is -2.35. The molecule has 0 aromatic carbocycles. The van der Waals surface area contributed by atoms with Gasteiger partial charge in [0.1, 0.15) is 5.84 Å². The summed E-state index contributed by atoms with van der Waals surface area (Å²) in [6.07, 6.45) is 2.30. The van der Waals surface area contributed by atoms with Gasteiger partial charge in [-0.1, -0.05) is 20.3 Å². The van der Waals surface area contributed by atoms with Crippen LogP contribution in [-0.2, 0) is 0 Å². The summed E-state index contributed by atoms with van der Waals surface area (Å²) in [7, 11) is 0. The van der Waals surface area contributed by atoms with Crippen LogP contribution in [0.3, 0.4) is 0 Å². The quantitative estimate of drug-likeness (QED) is 0.293. The molecule has 0 saturated heterocycles. The zero-order valence-corrected chi connectivity index (χ0v) is 8.59. The molecule has 3 heteroatoms. The number of amidine groups is 1. The second kappa shape index (κ2) is 6.00. The van der Waals surface area contributed by atoms with Crippen molar-refractivity contribution in [3.63, 3.8) is 0 Å². The molecule has 0 spiro atoms. The van der Waals surface area contributed by atoms with Gasteiger partial charge in [0.2, 0.25) is 0 Å². The van der Waals surface area contributed by atoms with Crippen molar-refractivity contribution < 1.29 is 0 Å². The fourth-order valence-corrected chi connectivity index (χ4v) is 1.15. The van der Waals surface area contributed by atoms with Crippen molar-refractivity contribution in [1.29, 1.82) is 0 Å². The van der Waals surface area contributed by atoms with Crippen molar-refractivity contribution in [2.75, 3.05) is 0 Å². The lowest BCUT2D eigenvalue weighted by Gasteiger charge is -2.14. The zero-order chi connectivity index (χ0) is 9.56. The molecule has 0 aliphatic heterocycles. The minimum atomic E-state index is 0.315. The van der Waals surface area contributed by atoms with Crippen LogP contribution in [0.5, 0.6) is 0 Å². The van der Waals surface area contributed by atoms with E-state index in [-0.39, 0.29) is 0 Å². The topological polar surface area (TPSA) is 50.4 Å². The molecule has 0 rings (SSSR count). The van der Waals surface area contributed by atoms with Gasteiger partial charge in [0.05, 0.1) is 0 Å². The van der Waals surface area contributed by atoms with E-state index in [0.29, 0.717) is 12.0 Å². The SMILES string of the molecule is CCCC(C)C(=NC(C)C)NN. The van der Waals surface area contributed by atoms with Gasteiger partial charge >= 0.3 is 0 Å². The van der Waals surface area contributed by atoms with E-state index in [2.05, 4.69) is 38.1 Å². The molecule has 0 amide bonds. The highest BCUT2D eigenvalue weighted by molar-refractivity contribution is 5.83. The van der Waals surface area contributed by atoms with Crippen molar-refractivity contribution in [3.05, 3.63) is 0 Å². The maximum Gasteiger partial charge on any atom is 0.113 e. The number of rotatable bonds is 4. The van der Waals surface area contributed by atoms with Crippen LogP contribution in [0.2, 0.25) is 0 Å². The molecule has 0 heterocycles. The summed E-state index contributed by atoms with van der Waals surface area (Å²) >= 11 is 0. The molecule has 1 unspecified atom stereocenters. The molecule has 12 heavy (non-hydrogen) atoms. The molecule has 3 nitrogen and oxygen atoms in total. The Kier molecular flexibility index (Phi) is 5.72. The molecule has 0 aliphatic carbocycles. The van der Waals surface area contributed by atoms with Crippen LogP contribution >= 0.6 is 0 Å². The summed E-state index contributed by atoms with van der Waals surface area (Å²) in [5, 5.41) is 0. The van der Waals surface area contributed by atoms with Crippen LogP contribution < -0.4 is 11.3 Å². The Labute approximate surface area is 75.4 Å². The zero-order valence-electron chi connectivity index (χ0n) is 8.59. The average Bonchev–Trinajstić information content (AvgIpc) is 2.00. The summed E-state index contributed by atoms with van der Waals surface area (Å²) in [4.78, 5) is 4.39. The Morgan fingerprint density at radius 1 is 1.42 bits per heavy atom. The number of hydrogen-bond acceptors (Lipinski definition) is 2. The standard InChI is InChI=1S/C9H21N3/c1-5-6-8(4)9(12-10)11-7(2)3/h7-8H,5-6,10H2,1-4H3,(H,11,12). The van der Waals surface area contributed by atoms with E-state index in [0.717, 1.165) is 12.3 Å². The summed E-state index contributed by atoms with van der Waals surface area (Å²) in [6.45, 7) is 8.41. The molecular weight excluding hydrogens is 150 g/mol. The molecule has 1 atom stereocenters. The minimum Gasteiger partial charge on any atom is -0.312 e. The third-order valence-corrected chi connectivity index (χ3v) is 1.73. The highest BCUT2D eigenvalue weighted by Gasteiger charge is 2.07. The second-order valence-corrected chi connectivity index (χ2v) is 3.44. The molecule has 0 aromatic heterocycles. The summed E-state index contributed by atoms with van der Waals surface area (Å²) in [6, 6.07) is 0.315. The van der Waals surface area contributed by atoms with E-state index < -0.39 is 0 Å². The molecule has 0 fully saturated rings. The fourth-order valence-electron chi connectivity index (χ4n) is 1.15. The Hall–Kier alpha value is -0.570. The monoisotopic (exact) mass is 171 g/mol.